The van der Waals surface area contributed by atoms with Gasteiger partial charge in [0.15, 0.2) is 0 Å². The number of fused-ring (bicyclic) bond motifs is 3. The Morgan fingerprint density at radius 2 is 2.31 bits per heavy atom. The molecular weight excluding hydrogens is 228 g/mol. The number of epoxide rings is 1. The van der Waals surface area contributed by atoms with Crippen LogP contribution in [-0.4, -0.2) is 6.10 Å². The van der Waals surface area contributed by atoms with Crippen molar-refractivity contribution in [3.05, 3.63) is 33.8 Å². The van der Waals surface area contributed by atoms with Crippen LogP contribution >= 0.6 is 15.9 Å². The maximum atomic E-state index is 5.61. The minimum Gasteiger partial charge on any atom is -0.364 e. The van der Waals surface area contributed by atoms with E-state index < -0.39 is 0 Å². The zero-order valence-corrected chi connectivity index (χ0v) is 8.88. The van der Waals surface area contributed by atoms with Gasteiger partial charge in [-0.1, -0.05) is 22.0 Å². The Morgan fingerprint density at radius 3 is 3.23 bits per heavy atom. The third-order valence-corrected chi connectivity index (χ3v) is 3.42. The van der Waals surface area contributed by atoms with Crippen LogP contribution in [-0.2, 0) is 11.2 Å². The molecule has 1 aliphatic carbocycles. The van der Waals surface area contributed by atoms with Crippen LogP contribution in [0.4, 0.5) is 0 Å². The molecule has 1 saturated heterocycles. The standard InChI is InChI=1S/C11H11BrO/c12-8-4-5-9-7(6-8)2-1-3-10-11(9)13-10/h4-6,10-11H,1-3H2/t10-,11+/m0/s1. The molecule has 1 aromatic carbocycles. The van der Waals surface area contributed by atoms with Crippen molar-refractivity contribution in [2.75, 3.05) is 0 Å². The van der Waals surface area contributed by atoms with Crippen molar-refractivity contribution in [2.45, 2.75) is 31.5 Å². The Hall–Kier alpha value is -0.340. The summed E-state index contributed by atoms with van der Waals surface area (Å²) in [6.07, 6.45) is 4.67. The number of hydrogen-bond acceptors (Lipinski definition) is 1. The Morgan fingerprint density at radius 1 is 1.38 bits per heavy atom. The number of ether oxygens (including phenoxy) is 1. The Labute approximate surface area is 86.2 Å². The van der Waals surface area contributed by atoms with Crippen LogP contribution in [0.25, 0.3) is 0 Å². The van der Waals surface area contributed by atoms with Crippen molar-refractivity contribution in [2.24, 2.45) is 0 Å². The molecule has 68 valence electrons. The summed E-state index contributed by atoms with van der Waals surface area (Å²) in [4.78, 5) is 0. The van der Waals surface area contributed by atoms with Crippen LogP contribution in [0.2, 0.25) is 0 Å². The Balaban J connectivity index is 2.08. The third-order valence-electron chi connectivity index (χ3n) is 2.93. The third kappa shape index (κ3) is 1.32. The van der Waals surface area contributed by atoms with Gasteiger partial charge in [-0.05, 0) is 42.5 Å². The van der Waals surface area contributed by atoms with Crippen LogP contribution in [0.1, 0.15) is 30.1 Å². The van der Waals surface area contributed by atoms with Gasteiger partial charge in [0.25, 0.3) is 0 Å². The molecule has 1 fully saturated rings. The predicted octanol–water partition coefficient (Wildman–Crippen LogP) is 3.23. The zero-order chi connectivity index (χ0) is 8.84. The van der Waals surface area contributed by atoms with Crippen molar-refractivity contribution in [1.82, 2.24) is 0 Å². The lowest BCUT2D eigenvalue weighted by Gasteiger charge is -2.05. The Bertz CT molecular complexity index is 348. The van der Waals surface area contributed by atoms with Crippen LogP contribution < -0.4 is 0 Å². The molecule has 0 aromatic heterocycles. The van der Waals surface area contributed by atoms with E-state index in [0.29, 0.717) is 12.2 Å². The fourth-order valence-electron chi connectivity index (χ4n) is 2.20. The highest BCUT2D eigenvalue weighted by Crippen LogP contribution is 2.45. The molecule has 13 heavy (non-hydrogen) atoms. The molecule has 1 aliphatic heterocycles. The quantitative estimate of drug-likeness (QED) is 0.633. The Kier molecular flexibility index (Phi) is 1.74. The van der Waals surface area contributed by atoms with E-state index in [1.807, 2.05) is 0 Å². The number of halogens is 1. The maximum Gasteiger partial charge on any atom is 0.109 e. The highest BCUT2D eigenvalue weighted by atomic mass is 79.9. The fourth-order valence-corrected chi connectivity index (χ4v) is 2.61. The van der Waals surface area contributed by atoms with Gasteiger partial charge < -0.3 is 4.74 Å². The first kappa shape index (κ1) is 8.01. The molecule has 2 aliphatic rings. The van der Waals surface area contributed by atoms with Gasteiger partial charge in [-0.25, -0.2) is 0 Å². The van der Waals surface area contributed by atoms with E-state index in [1.54, 1.807) is 0 Å². The summed E-state index contributed by atoms with van der Waals surface area (Å²) in [7, 11) is 0. The smallest absolute Gasteiger partial charge is 0.109 e. The molecule has 0 amide bonds. The maximum absolute atomic E-state index is 5.61. The molecule has 0 radical (unpaired) electrons. The van der Waals surface area contributed by atoms with Gasteiger partial charge in [-0.3, -0.25) is 0 Å². The fraction of sp³-hybridized carbons (Fsp3) is 0.455. The molecule has 2 heteroatoms. The van der Waals surface area contributed by atoms with Gasteiger partial charge in [0.1, 0.15) is 6.10 Å². The lowest BCUT2D eigenvalue weighted by Crippen LogP contribution is -1.90. The van der Waals surface area contributed by atoms with Crippen LogP contribution in [0.5, 0.6) is 0 Å². The first-order chi connectivity index (χ1) is 6.34. The number of aryl methyl sites for hydroxylation is 1. The average Bonchev–Trinajstić information content (AvgIpc) is 2.82. The van der Waals surface area contributed by atoms with Crippen molar-refractivity contribution in [1.29, 1.82) is 0 Å². The summed E-state index contributed by atoms with van der Waals surface area (Å²) < 4.78 is 6.79. The topological polar surface area (TPSA) is 12.5 Å². The van der Waals surface area contributed by atoms with Gasteiger partial charge in [0.05, 0.1) is 6.10 Å². The summed E-state index contributed by atoms with van der Waals surface area (Å²) in [6.45, 7) is 0. The molecule has 0 N–H and O–H groups in total. The molecule has 2 atom stereocenters. The summed E-state index contributed by atoms with van der Waals surface area (Å²) in [5, 5.41) is 0. The second kappa shape index (κ2) is 2.82. The van der Waals surface area contributed by atoms with Gasteiger partial charge in [-0.15, -0.1) is 0 Å². The van der Waals surface area contributed by atoms with Crippen molar-refractivity contribution >= 4 is 15.9 Å². The molecule has 0 bridgehead atoms. The SMILES string of the molecule is Brc1ccc2c(c1)CCC[C@@H]1O[C@H]21. The summed E-state index contributed by atoms with van der Waals surface area (Å²) in [5.41, 5.74) is 2.89. The summed E-state index contributed by atoms with van der Waals surface area (Å²) >= 11 is 3.51. The molecule has 0 saturated carbocycles. The summed E-state index contributed by atoms with van der Waals surface area (Å²) in [5.74, 6) is 0. The van der Waals surface area contributed by atoms with E-state index in [2.05, 4.69) is 34.1 Å². The van der Waals surface area contributed by atoms with E-state index in [-0.39, 0.29) is 0 Å². The lowest BCUT2D eigenvalue weighted by atomic mass is 10.0. The van der Waals surface area contributed by atoms with Gasteiger partial charge in [0, 0.05) is 4.47 Å². The van der Waals surface area contributed by atoms with Crippen LogP contribution in [0.15, 0.2) is 22.7 Å². The highest BCUT2D eigenvalue weighted by molar-refractivity contribution is 9.10. The molecule has 1 nitrogen and oxygen atoms in total. The van der Waals surface area contributed by atoms with Crippen LogP contribution in [0.3, 0.4) is 0 Å². The van der Waals surface area contributed by atoms with Gasteiger partial charge >= 0.3 is 0 Å². The highest BCUT2D eigenvalue weighted by Gasteiger charge is 2.42. The normalized spacial score (nSPS) is 30.2. The largest absolute Gasteiger partial charge is 0.364 e. The zero-order valence-electron chi connectivity index (χ0n) is 7.29. The minimum atomic E-state index is 0.422. The van der Waals surface area contributed by atoms with E-state index in [0.717, 1.165) is 0 Å². The van der Waals surface area contributed by atoms with Gasteiger partial charge in [-0.2, -0.15) is 0 Å². The van der Waals surface area contributed by atoms with E-state index in [9.17, 15) is 0 Å². The molecule has 3 rings (SSSR count). The first-order valence-corrected chi connectivity index (χ1v) is 5.58. The number of hydrogen-bond donors (Lipinski definition) is 0. The average molecular weight is 239 g/mol. The monoisotopic (exact) mass is 238 g/mol. The second-order valence-corrected chi connectivity index (χ2v) is 4.75. The van der Waals surface area contributed by atoms with E-state index in [1.165, 1.54) is 34.9 Å². The minimum absolute atomic E-state index is 0.422. The van der Waals surface area contributed by atoms with Gasteiger partial charge in [0.2, 0.25) is 0 Å². The van der Waals surface area contributed by atoms with Crippen molar-refractivity contribution in [3.63, 3.8) is 0 Å². The molecule has 1 aromatic rings. The molecule has 0 spiro atoms. The number of benzene rings is 1. The summed E-state index contributed by atoms with van der Waals surface area (Å²) in [6, 6.07) is 6.55. The number of rotatable bonds is 0. The second-order valence-electron chi connectivity index (χ2n) is 3.83. The first-order valence-electron chi connectivity index (χ1n) is 4.78. The van der Waals surface area contributed by atoms with Crippen LogP contribution in [0, 0.1) is 0 Å². The van der Waals surface area contributed by atoms with Crippen molar-refractivity contribution in [3.8, 4) is 0 Å². The van der Waals surface area contributed by atoms with Crippen molar-refractivity contribution < 1.29 is 4.74 Å². The van der Waals surface area contributed by atoms with E-state index in [4.69, 9.17) is 4.74 Å². The molecule has 0 unspecified atom stereocenters. The lowest BCUT2D eigenvalue weighted by molar-refractivity contribution is 0.357. The molecular formula is C11H11BrO. The van der Waals surface area contributed by atoms with E-state index >= 15 is 0 Å². The molecule has 1 heterocycles. The predicted molar refractivity (Wildman–Crippen MR) is 54.7 cm³/mol.